The van der Waals surface area contributed by atoms with Gasteiger partial charge in [0, 0.05) is 25.3 Å². The molecule has 5 heteroatoms. The number of aromatic nitrogens is 1. The monoisotopic (exact) mass is 265 g/mol. The summed E-state index contributed by atoms with van der Waals surface area (Å²) < 4.78 is 5.80. The topological polar surface area (TPSA) is 71.6 Å². The predicted octanol–water partition coefficient (Wildman–Crippen LogP) is 1.08. The normalized spacial score (nSPS) is 24.3. The summed E-state index contributed by atoms with van der Waals surface area (Å²) >= 11 is 0. The van der Waals surface area contributed by atoms with E-state index >= 15 is 0 Å². The zero-order chi connectivity index (χ0) is 14.0. The van der Waals surface area contributed by atoms with Gasteiger partial charge in [0.1, 0.15) is 5.82 Å². The minimum atomic E-state index is -0.285. The van der Waals surface area contributed by atoms with Crippen LogP contribution in [-0.4, -0.2) is 41.5 Å². The molecule has 2 rings (SSSR count). The molecule has 1 saturated heterocycles. The highest BCUT2D eigenvalue weighted by Crippen LogP contribution is 2.25. The van der Waals surface area contributed by atoms with Gasteiger partial charge in [0.05, 0.1) is 18.3 Å². The number of morpholine rings is 1. The molecule has 0 saturated carbocycles. The van der Waals surface area contributed by atoms with Crippen molar-refractivity contribution in [1.82, 2.24) is 4.98 Å². The quantitative estimate of drug-likeness (QED) is 0.855. The number of ether oxygens (including phenoxy) is 1. The van der Waals surface area contributed by atoms with E-state index in [1.54, 1.807) is 0 Å². The van der Waals surface area contributed by atoms with Crippen molar-refractivity contribution in [3.05, 3.63) is 23.9 Å². The van der Waals surface area contributed by atoms with Crippen molar-refractivity contribution < 1.29 is 9.84 Å². The molecule has 106 valence electrons. The minimum absolute atomic E-state index is 0.00660. The van der Waals surface area contributed by atoms with Crippen molar-refractivity contribution >= 4 is 5.82 Å². The molecular weight excluding hydrogens is 242 g/mol. The number of hydrogen-bond donors (Lipinski definition) is 2. The van der Waals surface area contributed by atoms with Gasteiger partial charge >= 0.3 is 0 Å². The van der Waals surface area contributed by atoms with Crippen LogP contribution in [0.3, 0.4) is 0 Å². The Morgan fingerprint density at radius 3 is 2.84 bits per heavy atom. The lowest BCUT2D eigenvalue weighted by Gasteiger charge is -2.42. The van der Waals surface area contributed by atoms with E-state index < -0.39 is 0 Å². The third kappa shape index (κ3) is 3.43. The van der Waals surface area contributed by atoms with E-state index in [4.69, 9.17) is 10.5 Å². The van der Waals surface area contributed by atoms with Gasteiger partial charge in [-0.2, -0.15) is 0 Å². The molecule has 5 nitrogen and oxygen atoms in total. The van der Waals surface area contributed by atoms with E-state index in [0.717, 1.165) is 17.9 Å². The zero-order valence-electron chi connectivity index (χ0n) is 11.8. The van der Waals surface area contributed by atoms with Crippen molar-refractivity contribution in [2.24, 2.45) is 5.73 Å². The fourth-order valence-electron chi connectivity index (χ4n) is 2.42. The van der Waals surface area contributed by atoms with E-state index in [0.29, 0.717) is 6.54 Å². The molecule has 0 amide bonds. The summed E-state index contributed by atoms with van der Waals surface area (Å²) in [4.78, 5) is 6.61. The van der Waals surface area contributed by atoms with Crippen LogP contribution in [0.25, 0.3) is 0 Å². The maximum Gasteiger partial charge on any atom is 0.128 e. The molecule has 1 aliphatic rings. The van der Waals surface area contributed by atoms with Gasteiger partial charge in [0.2, 0.25) is 0 Å². The number of nitrogens with zero attached hydrogens (tertiary/aromatic N) is 2. The van der Waals surface area contributed by atoms with Gasteiger partial charge in [-0.25, -0.2) is 4.98 Å². The Hall–Kier alpha value is -1.17. The van der Waals surface area contributed by atoms with E-state index in [-0.39, 0.29) is 24.4 Å². The highest BCUT2D eigenvalue weighted by molar-refractivity contribution is 5.41. The van der Waals surface area contributed by atoms with Gasteiger partial charge in [0.25, 0.3) is 0 Å². The fraction of sp³-hybridized carbons (Fsp3) is 0.643. The Balaban J connectivity index is 2.16. The first-order valence-electron chi connectivity index (χ1n) is 6.66. The average Bonchev–Trinajstić information content (AvgIpc) is 2.37. The van der Waals surface area contributed by atoms with Gasteiger partial charge in [-0.3, -0.25) is 0 Å². The second kappa shape index (κ2) is 5.45. The highest BCUT2D eigenvalue weighted by Gasteiger charge is 2.33. The molecule has 1 aromatic heterocycles. The van der Waals surface area contributed by atoms with E-state index in [2.05, 4.69) is 9.88 Å². The molecule has 0 radical (unpaired) electrons. The zero-order valence-corrected chi connectivity index (χ0v) is 11.8. The fourth-order valence-corrected chi connectivity index (χ4v) is 2.42. The predicted molar refractivity (Wildman–Crippen MR) is 75.1 cm³/mol. The molecule has 19 heavy (non-hydrogen) atoms. The minimum Gasteiger partial charge on any atom is -0.394 e. The number of anilines is 1. The lowest BCUT2D eigenvalue weighted by Crippen LogP contribution is -2.54. The molecule has 0 aliphatic carbocycles. The SMILES string of the molecule is C[C@H](N)c1ccc(N2CC(CO)OC(C)(C)C2)nc1. The molecule has 2 atom stereocenters. The molecule has 3 N–H and O–H groups in total. The van der Waals surface area contributed by atoms with Gasteiger partial charge < -0.3 is 20.5 Å². The second-order valence-corrected chi connectivity index (χ2v) is 5.80. The Labute approximate surface area is 114 Å². The maximum atomic E-state index is 9.32. The first-order valence-corrected chi connectivity index (χ1v) is 6.66. The Kier molecular flexibility index (Phi) is 4.08. The summed E-state index contributed by atoms with van der Waals surface area (Å²) in [6.45, 7) is 7.43. The van der Waals surface area contributed by atoms with Crippen molar-refractivity contribution in [2.45, 2.75) is 38.5 Å². The Morgan fingerprint density at radius 2 is 2.32 bits per heavy atom. The van der Waals surface area contributed by atoms with E-state index in [1.165, 1.54) is 0 Å². The van der Waals surface area contributed by atoms with Crippen molar-refractivity contribution in [3.8, 4) is 0 Å². The molecule has 1 aliphatic heterocycles. The summed E-state index contributed by atoms with van der Waals surface area (Å²) in [5.74, 6) is 0.902. The third-order valence-corrected chi connectivity index (χ3v) is 3.31. The molecule has 1 fully saturated rings. The number of nitrogens with two attached hydrogens (primary N) is 1. The van der Waals surface area contributed by atoms with Crippen LogP contribution in [0.2, 0.25) is 0 Å². The summed E-state index contributed by atoms with van der Waals surface area (Å²) in [7, 11) is 0. The van der Waals surface area contributed by atoms with Crippen LogP contribution in [0, 0.1) is 0 Å². The number of rotatable bonds is 3. The molecule has 0 aromatic carbocycles. The van der Waals surface area contributed by atoms with Crippen molar-refractivity contribution in [3.63, 3.8) is 0 Å². The van der Waals surface area contributed by atoms with Crippen molar-refractivity contribution in [2.75, 3.05) is 24.6 Å². The second-order valence-electron chi connectivity index (χ2n) is 5.80. The maximum absolute atomic E-state index is 9.32. The largest absolute Gasteiger partial charge is 0.394 e. The summed E-state index contributed by atoms with van der Waals surface area (Å²) in [5, 5.41) is 9.32. The summed E-state index contributed by atoms with van der Waals surface area (Å²) in [5.41, 5.74) is 6.56. The number of aliphatic hydroxyl groups is 1. The Morgan fingerprint density at radius 1 is 1.58 bits per heavy atom. The van der Waals surface area contributed by atoms with Crippen LogP contribution in [0.4, 0.5) is 5.82 Å². The van der Waals surface area contributed by atoms with E-state index in [1.807, 2.05) is 39.1 Å². The Bertz CT molecular complexity index is 417. The van der Waals surface area contributed by atoms with Gasteiger partial charge in [0.15, 0.2) is 0 Å². The molecule has 1 unspecified atom stereocenters. The molecule has 0 spiro atoms. The molecule has 0 bridgehead atoms. The van der Waals surface area contributed by atoms with Crippen LogP contribution < -0.4 is 10.6 Å². The number of hydrogen-bond acceptors (Lipinski definition) is 5. The number of pyridine rings is 1. The van der Waals surface area contributed by atoms with Gasteiger partial charge in [-0.1, -0.05) is 6.07 Å². The van der Waals surface area contributed by atoms with Crippen LogP contribution in [-0.2, 0) is 4.74 Å². The molecule has 2 heterocycles. The van der Waals surface area contributed by atoms with E-state index in [9.17, 15) is 5.11 Å². The lowest BCUT2D eigenvalue weighted by atomic mass is 10.1. The smallest absolute Gasteiger partial charge is 0.128 e. The number of aliphatic hydroxyl groups excluding tert-OH is 1. The first kappa shape index (κ1) is 14.2. The van der Waals surface area contributed by atoms with Gasteiger partial charge in [-0.15, -0.1) is 0 Å². The molecule has 1 aromatic rings. The van der Waals surface area contributed by atoms with Crippen LogP contribution >= 0.6 is 0 Å². The van der Waals surface area contributed by atoms with Crippen molar-refractivity contribution in [1.29, 1.82) is 0 Å². The van der Waals surface area contributed by atoms with Crippen LogP contribution in [0.1, 0.15) is 32.4 Å². The summed E-state index contributed by atoms with van der Waals surface area (Å²) in [6.07, 6.45) is 1.65. The molecular formula is C14H23N3O2. The average molecular weight is 265 g/mol. The highest BCUT2D eigenvalue weighted by atomic mass is 16.5. The van der Waals surface area contributed by atoms with Crippen LogP contribution in [0.15, 0.2) is 18.3 Å². The van der Waals surface area contributed by atoms with Gasteiger partial charge in [-0.05, 0) is 32.4 Å². The summed E-state index contributed by atoms with van der Waals surface area (Å²) in [6, 6.07) is 3.98. The first-order chi connectivity index (χ1) is 8.91. The standard InChI is InChI=1S/C14H23N3O2/c1-10(15)11-4-5-13(16-6-11)17-7-12(8-18)19-14(2,3)9-17/h4-6,10,12,18H,7-9,15H2,1-3H3/t10-,12?/m0/s1. The lowest BCUT2D eigenvalue weighted by molar-refractivity contribution is -0.101. The third-order valence-electron chi connectivity index (χ3n) is 3.31. The van der Waals surface area contributed by atoms with Crippen LogP contribution in [0.5, 0.6) is 0 Å².